The number of nitrogens with zero attached hydrogens (tertiary/aromatic N) is 1. The molecular weight excluding hydrogens is 558 g/mol. The van der Waals surface area contributed by atoms with Crippen LogP contribution in [0.2, 0.25) is 0 Å². The van der Waals surface area contributed by atoms with E-state index in [1.807, 2.05) is 20.8 Å². The van der Waals surface area contributed by atoms with Crippen LogP contribution in [0.1, 0.15) is 163 Å². The lowest BCUT2D eigenvalue weighted by molar-refractivity contribution is -0.156. The van der Waals surface area contributed by atoms with E-state index in [1.165, 1.54) is 44.9 Å². The van der Waals surface area contributed by atoms with E-state index in [1.54, 1.807) is 4.90 Å². The van der Waals surface area contributed by atoms with Crippen LogP contribution in [0.15, 0.2) is 0 Å². The van der Waals surface area contributed by atoms with Crippen molar-refractivity contribution in [2.75, 3.05) is 26.4 Å². The fourth-order valence-corrected chi connectivity index (χ4v) is 6.23. The average molecular weight is 624 g/mol. The first-order valence-corrected chi connectivity index (χ1v) is 18.0. The van der Waals surface area contributed by atoms with Gasteiger partial charge in [-0.3, -0.25) is 9.59 Å². The predicted molar refractivity (Wildman–Crippen MR) is 175 cm³/mol. The molecule has 1 heterocycles. The van der Waals surface area contributed by atoms with E-state index in [4.69, 9.17) is 18.9 Å². The molecule has 44 heavy (non-hydrogen) atoms. The van der Waals surface area contributed by atoms with E-state index in [-0.39, 0.29) is 48.6 Å². The topological polar surface area (TPSA) is 91.4 Å². The molecule has 0 radical (unpaired) electrons. The van der Waals surface area contributed by atoms with E-state index >= 15 is 0 Å². The number of rotatable bonds is 23. The van der Waals surface area contributed by atoms with Crippen LogP contribution >= 0.6 is 0 Å². The maximum absolute atomic E-state index is 12.9. The van der Waals surface area contributed by atoms with Crippen molar-refractivity contribution in [3.05, 3.63) is 0 Å². The standard InChI is InChI=1S/C36H65NO7/c1-6-8-10-12-14-16-21-32(38)42-28-30(26-33(39)41-25-17-15-13-11-9-7-2)27-36(22-19-23-36)43-29-31-20-18-24-37(31)34(40)44-35(3,4)5/h30-31H,6-29H2,1-5H3. The molecule has 1 saturated carbocycles. The van der Waals surface area contributed by atoms with Crippen molar-refractivity contribution < 1.29 is 33.3 Å². The molecule has 256 valence electrons. The molecule has 8 nitrogen and oxygen atoms in total. The van der Waals surface area contributed by atoms with Gasteiger partial charge in [0.25, 0.3) is 0 Å². The van der Waals surface area contributed by atoms with Gasteiger partial charge in [-0.2, -0.15) is 0 Å². The fraction of sp³-hybridized carbons (Fsp3) is 0.917. The smallest absolute Gasteiger partial charge is 0.410 e. The van der Waals surface area contributed by atoms with Crippen LogP contribution in [0.4, 0.5) is 4.79 Å². The molecule has 1 saturated heterocycles. The van der Waals surface area contributed by atoms with Gasteiger partial charge < -0.3 is 23.8 Å². The number of hydrogen-bond acceptors (Lipinski definition) is 7. The van der Waals surface area contributed by atoms with Crippen LogP contribution in [-0.4, -0.2) is 66.5 Å². The number of carbonyl (C=O) groups is 3. The van der Waals surface area contributed by atoms with E-state index in [0.717, 1.165) is 64.2 Å². The molecule has 0 aromatic rings. The van der Waals surface area contributed by atoms with Crippen molar-refractivity contribution in [3.63, 3.8) is 0 Å². The summed E-state index contributed by atoms with van der Waals surface area (Å²) in [6.45, 7) is 11.8. The van der Waals surface area contributed by atoms with Crippen LogP contribution in [0, 0.1) is 5.92 Å². The average Bonchev–Trinajstić information content (AvgIpc) is 3.42. The minimum absolute atomic E-state index is 0.0155. The summed E-state index contributed by atoms with van der Waals surface area (Å²) in [5.41, 5.74) is -0.901. The van der Waals surface area contributed by atoms with Crippen molar-refractivity contribution in [2.24, 2.45) is 5.92 Å². The lowest BCUT2D eigenvalue weighted by atomic mass is 9.73. The maximum Gasteiger partial charge on any atom is 0.410 e. The molecule has 0 aromatic heterocycles. The summed E-state index contributed by atoms with van der Waals surface area (Å²) in [6, 6.07) is -0.0155. The first-order valence-electron chi connectivity index (χ1n) is 18.0. The van der Waals surface area contributed by atoms with Crippen LogP contribution in [0.3, 0.4) is 0 Å². The number of ether oxygens (including phenoxy) is 4. The van der Waals surface area contributed by atoms with Gasteiger partial charge in [-0.25, -0.2) is 4.79 Å². The van der Waals surface area contributed by atoms with Gasteiger partial charge in [-0.15, -0.1) is 0 Å². The Hall–Kier alpha value is -1.83. The summed E-state index contributed by atoms with van der Waals surface area (Å²) >= 11 is 0. The zero-order valence-corrected chi connectivity index (χ0v) is 28.9. The van der Waals surface area contributed by atoms with Gasteiger partial charge in [-0.05, 0) is 72.1 Å². The highest BCUT2D eigenvalue weighted by Crippen LogP contribution is 2.42. The van der Waals surface area contributed by atoms with E-state index in [9.17, 15) is 14.4 Å². The summed E-state index contributed by atoms with van der Waals surface area (Å²) in [7, 11) is 0. The van der Waals surface area contributed by atoms with E-state index in [2.05, 4.69) is 13.8 Å². The third-order valence-electron chi connectivity index (χ3n) is 8.94. The van der Waals surface area contributed by atoms with Gasteiger partial charge in [0.1, 0.15) is 5.60 Å². The number of unbranched alkanes of at least 4 members (excludes halogenated alkanes) is 10. The fourth-order valence-electron chi connectivity index (χ4n) is 6.23. The summed E-state index contributed by atoms with van der Waals surface area (Å²) in [5.74, 6) is -0.572. The minimum Gasteiger partial charge on any atom is -0.466 e. The largest absolute Gasteiger partial charge is 0.466 e. The molecule has 1 amide bonds. The predicted octanol–water partition coefficient (Wildman–Crippen LogP) is 8.92. The highest BCUT2D eigenvalue weighted by atomic mass is 16.6. The lowest BCUT2D eigenvalue weighted by Gasteiger charge is -2.44. The zero-order valence-electron chi connectivity index (χ0n) is 28.9. The summed E-state index contributed by atoms with van der Waals surface area (Å²) in [6.07, 6.45) is 19.2. The molecule has 1 aliphatic heterocycles. The van der Waals surface area contributed by atoms with Crippen LogP contribution in [0.25, 0.3) is 0 Å². The Bertz CT molecular complexity index is 820. The number of carbonyl (C=O) groups excluding carboxylic acids is 3. The molecule has 2 aliphatic rings. The van der Waals surface area contributed by atoms with Crippen LogP contribution in [-0.2, 0) is 28.5 Å². The zero-order chi connectivity index (χ0) is 32.3. The van der Waals surface area contributed by atoms with Crippen molar-refractivity contribution in [3.8, 4) is 0 Å². The molecule has 0 N–H and O–H groups in total. The summed E-state index contributed by atoms with van der Waals surface area (Å²) < 4.78 is 23.6. The molecule has 2 fully saturated rings. The lowest BCUT2D eigenvalue weighted by Crippen LogP contribution is -2.47. The highest BCUT2D eigenvalue weighted by molar-refractivity contribution is 5.70. The third kappa shape index (κ3) is 15.9. The van der Waals surface area contributed by atoms with Gasteiger partial charge >= 0.3 is 18.0 Å². The summed E-state index contributed by atoms with van der Waals surface area (Å²) in [4.78, 5) is 40.0. The monoisotopic (exact) mass is 623 g/mol. The maximum atomic E-state index is 12.9. The molecule has 1 aliphatic carbocycles. The first-order chi connectivity index (χ1) is 21.1. The molecule has 2 atom stereocenters. The van der Waals surface area contributed by atoms with Crippen molar-refractivity contribution in [1.82, 2.24) is 4.90 Å². The quantitative estimate of drug-likeness (QED) is 0.0637. The van der Waals surface area contributed by atoms with E-state index in [0.29, 0.717) is 32.6 Å². The molecular formula is C36H65NO7. The number of amides is 1. The minimum atomic E-state index is -0.538. The molecule has 0 bridgehead atoms. The first kappa shape index (κ1) is 38.4. The Morgan fingerprint density at radius 2 is 1.45 bits per heavy atom. The number of hydrogen-bond donors (Lipinski definition) is 0. The Morgan fingerprint density at radius 3 is 2.07 bits per heavy atom. The second-order valence-electron chi connectivity index (χ2n) is 14.3. The summed E-state index contributed by atoms with van der Waals surface area (Å²) in [5, 5.41) is 0. The molecule has 2 unspecified atom stereocenters. The Balaban J connectivity index is 1.90. The number of likely N-dealkylation sites (tertiary alicyclic amines) is 1. The van der Waals surface area contributed by atoms with Crippen molar-refractivity contribution in [1.29, 1.82) is 0 Å². The Morgan fingerprint density at radius 1 is 0.818 bits per heavy atom. The molecule has 0 spiro atoms. The molecule has 0 aromatic carbocycles. The van der Waals surface area contributed by atoms with Gasteiger partial charge in [0.15, 0.2) is 0 Å². The normalized spacial score (nSPS) is 18.5. The van der Waals surface area contributed by atoms with Crippen LogP contribution < -0.4 is 0 Å². The van der Waals surface area contributed by atoms with Crippen LogP contribution in [0.5, 0.6) is 0 Å². The SMILES string of the molecule is CCCCCCCCOC(=O)CC(COC(=O)CCCCCCCC)CC1(OCC2CCCN2C(=O)OC(C)(C)C)CCC1. The molecule has 2 rings (SSSR count). The van der Waals surface area contributed by atoms with Gasteiger partial charge in [0.2, 0.25) is 0 Å². The van der Waals surface area contributed by atoms with Crippen molar-refractivity contribution >= 4 is 18.0 Å². The Labute approximate surface area is 268 Å². The highest BCUT2D eigenvalue weighted by Gasteiger charge is 2.42. The van der Waals surface area contributed by atoms with Crippen molar-refractivity contribution in [2.45, 2.75) is 180 Å². The van der Waals surface area contributed by atoms with Gasteiger partial charge in [0.05, 0.1) is 37.9 Å². The second-order valence-corrected chi connectivity index (χ2v) is 14.3. The second kappa shape index (κ2) is 21.1. The molecule has 8 heteroatoms. The van der Waals surface area contributed by atoms with E-state index < -0.39 is 5.60 Å². The number of esters is 2. The van der Waals surface area contributed by atoms with Gasteiger partial charge in [-0.1, -0.05) is 78.1 Å². The van der Waals surface area contributed by atoms with Gasteiger partial charge in [0, 0.05) is 18.9 Å². The Kier molecular flexibility index (Phi) is 18.4. The third-order valence-corrected chi connectivity index (χ3v) is 8.94.